The SMILES string of the molecule is O=C1C=CC(O)N1CCCCCC[N+]1([O-])CC=CC1=O. The molecule has 2 aliphatic rings. The van der Waals surface area contributed by atoms with Crippen molar-refractivity contribution in [3.63, 3.8) is 0 Å². The Morgan fingerprint density at radius 2 is 2.00 bits per heavy atom. The fourth-order valence-electron chi connectivity index (χ4n) is 2.49. The van der Waals surface area contributed by atoms with E-state index in [4.69, 9.17) is 0 Å². The second kappa shape index (κ2) is 6.30. The molecule has 0 aromatic rings. The number of aliphatic hydroxyl groups excluding tert-OH is 1. The average molecular weight is 280 g/mol. The van der Waals surface area contributed by atoms with Gasteiger partial charge in [-0.05, 0) is 31.4 Å². The van der Waals surface area contributed by atoms with Crippen LogP contribution >= 0.6 is 0 Å². The summed E-state index contributed by atoms with van der Waals surface area (Å²) in [5, 5.41) is 21.5. The number of nitrogens with zero attached hydrogens (tertiary/aromatic N) is 2. The minimum Gasteiger partial charge on any atom is -0.625 e. The minimum atomic E-state index is -0.800. The van der Waals surface area contributed by atoms with Gasteiger partial charge in [0.1, 0.15) is 12.8 Å². The van der Waals surface area contributed by atoms with Gasteiger partial charge in [-0.3, -0.25) is 9.44 Å². The molecule has 0 bridgehead atoms. The van der Waals surface area contributed by atoms with E-state index in [-0.39, 0.29) is 18.4 Å². The van der Waals surface area contributed by atoms with Crippen LogP contribution in [0, 0.1) is 5.21 Å². The van der Waals surface area contributed by atoms with E-state index < -0.39 is 10.9 Å². The second-order valence-corrected chi connectivity index (χ2v) is 5.25. The molecule has 2 rings (SSSR count). The van der Waals surface area contributed by atoms with Gasteiger partial charge >= 0.3 is 5.91 Å². The van der Waals surface area contributed by atoms with Crippen LogP contribution < -0.4 is 0 Å². The van der Waals surface area contributed by atoms with Crippen molar-refractivity contribution in [1.29, 1.82) is 0 Å². The monoisotopic (exact) mass is 280 g/mol. The second-order valence-electron chi connectivity index (χ2n) is 5.25. The van der Waals surface area contributed by atoms with Gasteiger partial charge in [0.25, 0.3) is 0 Å². The van der Waals surface area contributed by atoms with E-state index in [0.29, 0.717) is 19.5 Å². The quantitative estimate of drug-likeness (QED) is 0.422. The molecule has 110 valence electrons. The highest BCUT2D eigenvalue weighted by molar-refractivity contribution is 5.90. The average Bonchev–Trinajstić information content (AvgIpc) is 2.90. The molecule has 0 fully saturated rings. The Bertz CT molecular complexity index is 446. The molecule has 2 heterocycles. The summed E-state index contributed by atoms with van der Waals surface area (Å²) < 4.78 is -0.757. The third-order valence-corrected chi connectivity index (χ3v) is 3.74. The predicted octanol–water partition coefficient (Wildman–Crippen LogP) is 0.675. The number of hydroxylamine groups is 3. The molecule has 0 saturated heterocycles. The molecule has 2 atom stereocenters. The van der Waals surface area contributed by atoms with E-state index in [2.05, 4.69) is 0 Å². The first-order valence-corrected chi connectivity index (χ1v) is 6.99. The normalized spacial score (nSPS) is 28.9. The maximum atomic E-state index is 12.0. The molecule has 0 radical (unpaired) electrons. The molecule has 1 N–H and O–H groups in total. The van der Waals surface area contributed by atoms with Gasteiger partial charge in [0.15, 0.2) is 0 Å². The van der Waals surface area contributed by atoms with Gasteiger partial charge in [-0.1, -0.05) is 6.42 Å². The number of aliphatic hydroxyl groups is 1. The zero-order chi connectivity index (χ0) is 14.6. The number of hydrogen-bond acceptors (Lipinski definition) is 4. The van der Waals surface area contributed by atoms with Crippen LogP contribution in [0.1, 0.15) is 25.7 Å². The molecular formula is C14H20N2O4. The van der Waals surface area contributed by atoms with Crippen LogP contribution in [0.25, 0.3) is 0 Å². The Morgan fingerprint density at radius 1 is 1.25 bits per heavy atom. The van der Waals surface area contributed by atoms with E-state index >= 15 is 0 Å². The fraction of sp³-hybridized carbons (Fsp3) is 0.571. The van der Waals surface area contributed by atoms with Gasteiger partial charge in [-0.15, -0.1) is 0 Å². The van der Waals surface area contributed by atoms with Crippen LogP contribution in [-0.4, -0.2) is 52.3 Å². The van der Waals surface area contributed by atoms with Gasteiger partial charge < -0.3 is 15.2 Å². The number of amides is 2. The van der Waals surface area contributed by atoms with Crippen molar-refractivity contribution in [2.45, 2.75) is 31.9 Å². The predicted molar refractivity (Wildman–Crippen MR) is 72.8 cm³/mol. The Kier molecular flexibility index (Phi) is 4.69. The van der Waals surface area contributed by atoms with E-state index in [9.17, 15) is 19.9 Å². The summed E-state index contributed by atoms with van der Waals surface area (Å²) in [6, 6.07) is 0. The van der Waals surface area contributed by atoms with Crippen molar-refractivity contribution >= 4 is 11.8 Å². The summed E-state index contributed by atoms with van der Waals surface area (Å²) in [6.07, 6.45) is 8.25. The lowest BCUT2D eigenvalue weighted by molar-refractivity contribution is -0.792. The first kappa shape index (κ1) is 14.9. The Morgan fingerprint density at radius 3 is 2.60 bits per heavy atom. The number of carbonyl (C=O) groups is 2. The van der Waals surface area contributed by atoms with Gasteiger partial charge in [-0.2, -0.15) is 0 Å². The van der Waals surface area contributed by atoms with E-state index in [1.807, 2.05) is 0 Å². The van der Waals surface area contributed by atoms with Crippen molar-refractivity contribution in [2.24, 2.45) is 0 Å². The molecule has 0 saturated carbocycles. The van der Waals surface area contributed by atoms with E-state index in [1.165, 1.54) is 23.1 Å². The largest absolute Gasteiger partial charge is 0.625 e. The van der Waals surface area contributed by atoms with Crippen LogP contribution in [0.5, 0.6) is 0 Å². The molecular weight excluding hydrogens is 260 g/mol. The van der Waals surface area contributed by atoms with Gasteiger partial charge in [-0.25, -0.2) is 4.79 Å². The molecule has 2 amide bonds. The Balaban J connectivity index is 1.56. The summed E-state index contributed by atoms with van der Waals surface area (Å²) in [6.45, 7) is 1.09. The van der Waals surface area contributed by atoms with Crippen molar-refractivity contribution < 1.29 is 19.3 Å². The van der Waals surface area contributed by atoms with Crippen molar-refractivity contribution in [3.05, 3.63) is 29.5 Å². The Labute approximate surface area is 118 Å². The zero-order valence-corrected chi connectivity index (χ0v) is 11.4. The molecule has 6 nitrogen and oxygen atoms in total. The first-order valence-electron chi connectivity index (χ1n) is 6.99. The van der Waals surface area contributed by atoms with Gasteiger partial charge in [0.2, 0.25) is 5.91 Å². The number of rotatable bonds is 7. The maximum Gasteiger partial charge on any atom is 0.338 e. The molecule has 0 aromatic carbocycles. The lowest BCUT2D eigenvalue weighted by Crippen LogP contribution is -2.44. The van der Waals surface area contributed by atoms with Crippen molar-refractivity contribution in [2.75, 3.05) is 19.6 Å². The maximum absolute atomic E-state index is 12.0. The van der Waals surface area contributed by atoms with E-state index in [1.54, 1.807) is 6.08 Å². The fourth-order valence-corrected chi connectivity index (χ4v) is 2.49. The molecule has 20 heavy (non-hydrogen) atoms. The standard InChI is InChI=1S/C14H20N2O4/c17-12-7-8-13(18)15(12)9-3-1-2-4-10-16(20)11-5-6-14(16)19/h5-8,12,17H,1-4,9-11H2. The smallest absolute Gasteiger partial charge is 0.338 e. The van der Waals surface area contributed by atoms with E-state index in [0.717, 1.165) is 19.3 Å². The molecule has 6 heteroatoms. The molecule has 0 aromatic heterocycles. The first-order chi connectivity index (χ1) is 9.53. The summed E-state index contributed by atoms with van der Waals surface area (Å²) in [4.78, 5) is 24.1. The minimum absolute atomic E-state index is 0.157. The lowest BCUT2D eigenvalue weighted by Gasteiger charge is -2.35. The van der Waals surface area contributed by atoms with Crippen molar-refractivity contribution in [3.8, 4) is 0 Å². The Hall–Kier alpha value is -1.50. The third-order valence-electron chi connectivity index (χ3n) is 3.74. The van der Waals surface area contributed by atoms with Gasteiger partial charge in [0, 0.05) is 18.7 Å². The highest BCUT2D eigenvalue weighted by atomic mass is 16.6. The van der Waals surface area contributed by atoms with Crippen LogP contribution in [0.3, 0.4) is 0 Å². The highest BCUT2D eigenvalue weighted by Crippen LogP contribution is 2.16. The summed E-state index contributed by atoms with van der Waals surface area (Å²) >= 11 is 0. The van der Waals surface area contributed by atoms with Crippen molar-refractivity contribution in [1.82, 2.24) is 4.90 Å². The lowest BCUT2D eigenvalue weighted by atomic mass is 10.2. The number of hydrogen-bond donors (Lipinski definition) is 1. The molecule has 0 aliphatic carbocycles. The molecule has 2 unspecified atom stereocenters. The summed E-state index contributed by atoms with van der Waals surface area (Å²) in [5.41, 5.74) is 0. The number of quaternary nitrogens is 1. The van der Waals surface area contributed by atoms with Gasteiger partial charge in [0.05, 0.1) is 6.54 Å². The molecule has 0 spiro atoms. The van der Waals surface area contributed by atoms with Crippen LogP contribution in [0.2, 0.25) is 0 Å². The summed E-state index contributed by atoms with van der Waals surface area (Å²) in [5.74, 6) is -0.517. The third kappa shape index (κ3) is 3.33. The highest BCUT2D eigenvalue weighted by Gasteiger charge is 2.28. The van der Waals surface area contributed by atoms with Crippen LogP contribution in [-0.2, 0) is 9.59 Å². The van der Waals surface area contributed by atoms with Crippen LogP contribution in [0.15, 0.2) is 24.3 Å². The summed E-state index contributed by atoms with van der Waals surface area (Å²) in [7, 11) is 0. The number of unbranched alkanes of at least 4 members (excludes halogenated alkanes) is 3. The topological polar surface area (TPSA) is 80.7 Å². The number of carbonyl (C=O) groups excluding carboxylic acids is 2. The molecule has 2 aliphatic heterocycles. The van der Waals surface area contributed by atoms with Crippen LogP contribution in [0.4, 0.5) is 0 Å². The zero-order valence-electron chi connectivity index (χ0n) is 11.4.